The Kier molecular flexibility index (Phi) is 5.63. The Morgan fingerprint density at radius 1 is 1.33 bits per heavy atom. The molecule has 2 N–H and O–H groups in total. The van der Waals surface area contributed by atoms with E-state index >= 15 is 0 Å². The van der Waals surface area contributed by atoms with Gasteiger partial charge in [-0.3, -0.25) is 4.79 Å². The van der Waals surface area contributed by atoms with E-state index in [9.17, 15) is 4.79 Å². The highest BCUT2D eigenvalue weighted by molar-refractivity contribution is 9.10. The fraction of sp³-hybridized carbons (Fsp3) is 0.462. The SMILES string of the molecule is CC1(C(=O)Nc2ccc(Br)cc2)CCCCN1.Cl. The molecule has 1 unspecified atom stereocenters. The minimum absolute atomic E-state index is 0. The molecule has 1 aromatic carbocycles. The Balaban J connectivity index is 0.00000162. The van der Waals surface area contributed by atoms with E-state index in [1.54, 1.807) is 0 Å². The highest BCUT2D eigenvalue weighted by Crippen LogP contribution is 2.21. The quantitative estimate of drug-likeness (QED) is 0.871. The minimum atomic E-state index is -0.425. The van der Waals surface area contributed by atoms with Crippen molar-refractivity contribution >= 4 is 39.9 Å². The molecule has 1 atom stereocenters. The number of nitrogens with one attached hydrogen (secondary N) is 2. The van der Waals surface area contributed by atoms with E-state index in [0.717, 1.165) is 36.0 Å². The van der Waals surface area contributed by atoms with Crippen LogP contribution in [0.5, 0.6) is 0 Å². The van der Waals surface area contributed by atoms with E-state index in [0.29, 0.717) is 0 Å². The average molecular weight is 334 g/mol. The van der Waals surface area contributed by atoms with Crippen molar-refractivity contribution in [1.29, 1.82) is 0 Å². The van der Waals surface area contributed by atoms with Crippen LogP contribution in [0.3, 0.4) is 0 Å². The zero-order chi connectivity index (χ0) is 12.3. The number of amides is 1. The maximum Gasteiger partial charge on any atom is 0.244 e. The van der Waals surface area contributed by atoms with Crippen molar-refractivity contribution in [2.45, 2.75) is 31.7 Å². The summed E-state index contributed by atoms with van der Waals surface area (Å²) in [6.07, 6.45) is 3.16. The summed E-state index contributed by atoms with van der Waals surface area (Å²) in [6, 6.07) is 7.64. The van der Waals surface area contributed by atoms with Gasteiger partial charge in [-0.15, -0.1) is 12.4 Å². The Bertz CT molecular complexity index is 402. The molecule has 2 rings (SSSR count). The van der Waals surface area contributed by atoms with Crippen LogP contribution in [0.4, 0.5) is 5.69 Å². The predicted octanol–water partition coefficient (Wildman–Crippen LogP) is 3.34. The van der Waals surface area contributed by atoms with Gasteiger partial charge in [0.05, 0.1) is 5.54 Å². The zero-order valence-corrected chi connectivity index (χ0v) is 12.7. The number of anilines is 1. The first-order chi connectivity index (χ1) is 8.10. The highest BCUT2D eigenvalue weighted by atomic mass is 79.9. The largest absolute Gasteiger partial charge is 0.324 e. The second-order valence-corrected chi connectivity index (χ2v) is 5.59. The normalized spacial score (nSPS) is 23.0. The number of carbonyl (C=O) groups excluding carboxylic acids is 1. The van der Waals surface area contributed by atoms with Crippen LogP contribution in [-0.4, -0.2) is 18.0 Å². The average Bonchev–Trinajstić information content (AvgIpc) is 2.33. The number of hydrogen-bond acceptors (Lipinski definition) is 2. The number of halogens is 2. The molecule has 0 aromatic heterocycles. The topological polar surface area (TPSA) is 41.1 Å². The van der Waals surface area contributed by atoms with E-state index in [2.05, 4.69) is 26.6 Å². The fourth-order valence-electron chi connectivity index (χ4n) is 2.05. The molecule has 1 aliphatic heterocycles. The lowest BCUT2D eigenvalue weighted by Gasteiger charge is -2.33. The van der Waals surface area contributed by atoms with E-state index in [4.69, 9.17) is 0 Å². The van der Waals surface area contributed by atoms with Crippen molar-refractivity contribution in [2.75, 3.05) is 11.9 Å². The van der Waals surface area contributed by atoms with Gasteiger partial charge >= 0.3 is 0 Å². The van der Waals surface area contributed by atoms with Crippen LogP contribution in [0.25, 0.3) is 0 Å². The fourth-order valence-corrected chi connectivity index (χ4v) is 2.32. The number of carbonyl (C=O) groups is 1. The minimum Gasteiger partial charge on any atom is -0.324 e. The first-order valence-corrected chi connectivity index (χ1v) is 6.71. The molecule has 0 radical (unpaired) electrons. The number of hydrogen-bond donors (Lipinski definition) is 2. The van der Waals surface area contributed by atoms with E-state index < -0.39 is 5.54 Å². The van der Waals surface area contributed by atoms with E-state index in [-0.39, 0.29) is 18.3 Å². The second-order valence-electron chi connectivity index (χ2n) is 4.68. The first-order valence-electron chi connectivity index (χ1n) is 5.92. The van der Waals surface area contributed by atoms with Crippen LogP contribution in [0.2, 0.25) is 0 Å². The summed E-state index contributed by atoms with van der Waals surface area (Å²) in [6.45, 7) is 2.89. The molecule has 0 saturated carbocycles. The van der Waals surface area contributed by atoms with Crippen molar-refractivity contribution < 1.29 is 4.79 Å². The van der Waals surface area contributed by atoms with Gasteiger partial charge in [0.15, 0.2) is 0 Å². The van der Waals surface area contributed by atoms with Gasteiger partial charge in [0.1, 0.15) is 0 Å². The number of piperidine rings is 1. The molecule has 1 saturated heterocycles. The lowest BCUT2D eigenvalue weighted by molar-refractivity contribution is -0.122. The van der Waals surface area contributed by atoms with Crippen LogP contribution < -0.4 is 10.6 Å². The Morgan fingerprint density at radius 2 is 2.00 bits per heavy atom. The summed E-state index contributed by atoms with van der Waals surface area (Å²) >= 11 is 3.37. The molecule has 1 aromatic rings. The summed E-state index contributed by atoms with van der Waals surface area (Å²) < 4.78 is 1.01. The van der Waals surface area contributed by atoms with Crippen LogP contribution in [0.15, 0.2) is 28.7 Å². The summed E-state index contributed by atoms with van der Waals surface area (Å²) in [7, 11) is 0. The molecule has 0 aliphatic carbocycles. The molecule has 5 heteroatoms. The lowest BCUT2D eigenvalue weighted by Crippen LogP contribution is -2.54. The monoisotopic (exact) mass is 332 g/mol. The van der Waals surface area contributed by atoms with Crippen molar-refractivity contribution in [3.8, 4) is 0 Å². The van der Waals surface area contributed by atoms with Crippen molar-refractivity contribution in [3.63, 3.8) is 0 Å². The van der Waals surface area contributed by atoms with Gasteiger partial charge in [-0.1, -0.05) is 15.9 Å². The summed E-state index contributed by atoms with van der Waals surface area (Å²) in [4.78, 5) is 12.2. The Hall–Kier alpha value is -0.580. The van der Waals surface area contributed by atoms with Gasteiger partial charge in [0, 0.05) is 10.2 Å². The van der Waals surface area contributed by atoms with Crippen LogP contribution in [0, 0.1) is 0 Å². The van der Waals surface area contributed by atoms with Gasteiger partial charge in [-0.25, -0.2) is 0 Å². The summed E-state index contributed by atoms with van der Waals surface area (Å²) in [5.41, 5.74) is 0.414. The molecule has 1 heterocycles. The number of rotatable bonds is 2. The highest BCUT2D eigenvalue weighted by Gasteiger charge is 2.34. The van der Waals surface area contributed by atoms with Crippen molar-refractivity contribution in [3.05, 3.63) is 28.7 Å². The summed E-state index contributed by atoms with van der Waals surface area (Å²) in [5, 5.41) is 6.26. The van der Waals surface area contributed by atoms with Crippen molar-refractivity contribution in [1.82, 2.24) is 5.32 Å². The predicted molar refractivity (Wildman–Crippen MR) is 80.3 cm³/mol. The van der Waals surface area contributed by atoms with Gasteiger partial charge < -0.3 is 10.6 Å². The smallest absolute Gasteiger partial charge is 0.244 e. The summed E-state index contributed by atoms with van der Waals surface area (Å²) in [5.74, 6) is 0.0551. The lowest BCUT2D eigenvalue weighted by atomic mass is 9.90. The van der Waals surface area contributed by atoms with Crippen LogP contribution in [0.1, 0.15) is 26.2 Å². The maximum absolute atomic E-state index is 12.2. The molecular weight excluding hydrogens is 316 g/mol. The van der Waals surface area contributed by atoms with Crippen LogP contribution >= 0.6 is 28.3 Å². The maximum atomic E-state index is 12.2. The molecule has 1 amide bonds. The van der Waals surface area contributed by atoms with Crippen molar-refractivity contribution in [2.24, 2.45) is 0 Å². The molecule has 0 spiro atoms. The first kappa shape index (κ1) is 15.5. The molecule has 100 valence electrons. The molecule has 0 bridgehead atoms. The molecule has 18 heavy (non-hydrogen) atoms. The second kappa shape index (κ2) is 6.55. The standard InChI is InChI=1S/C13H17BrN2O.ClH/c1-13(8-2-3-9-15-13)12(17)16-11-6-4-10(14)5-7-11;/h4-7,15H,2-3,8-9H2,1H3,(H,16,17);1H. The Labute approximate surface area is 122 Å². The van der Waals surface area contributed by atoms with Gasteiger partial charge in [0.25, 0.3) is 0 Å². The third kappa shape index (κ3) is 3.70. The van der Waals surface area contributed by atoms with E-state index in [1.165, 1.54) is 0 Å². The van der Waals surface area contributed by atoms with Crippen LogP contribution in [-0.2, 0) is 4.79 Å². The molecule has 1 fully saturated rings. The van der Waals surface area contributed by atoms with Gasteiger partial charge in [-0.05, 0) is 57.0 Å². The molecule has 1 aliphatic rings. The third-order valence-corrected chi connectivity index (χ3v) is 3.75. The Morgan fingerprint density at radius 3 is 2.56 bits per heavy atom. The van der Waals surface area contributed by atoms with Gasteiger partial charge in [-0.2, -0.15) is 0 Å². The van der Waals surface area contributed by atoms with Gasteiger partial charge in [0.2, 0.25) is 5.91 Å². The molecule has 3 nitrogen and oxygen atoms in total. The third-order valence-electron chi connectivity index (χ3n) is 3.22. The number of benzene rings is 1. The zero-order valence-electron chi connectivity index (χ0n) is 10.3. The molecular formula is C13H18BrClN2O. The van der Waals surface area contributed by atoms with E-state index in [1.807, 2.05) is 31.2 Å².